The highest BCUT2D eigenvalue weighted by atomic mass is 32.2. The Morgan fingerprint density at radius 1 is 1.43 bits per heavy atom. The zero-order chi connectivity index (χ0) is 10.4. The molecule has 0 amide bonds. The molecule has 80 valence electrons. The average Bonchev–Trinajstić information content (AvgIpc) is 2.57. The lowest BCUT2D eigenvalue weighted by atomic mass is 10.1. The van der Waals surface area contributed by atoms with Crippen molar-refractivity contribution in [2.75, 3.05) is 18.8 Å². The molecule has 1 aliphatic carbocycles. The van der Waals surface area contributed by atoms with Crippen molar-refractivity contribution in [3.63, 3.8) is 0 Å². The molecule has 0 radical (unpaired) electrons. The maximum absolute atomic E-state index is 11.7. The summed E-state index contributed by atoms with van der Waals surface area (Å²) in [5, 5.41) is 0. The second kappa shape index (κ2) is 3.15. The Morgan fingerprint density at radius 2 is 2.07 bits per heavy atom. The monoisotopic (exact) mass is 234 g/mol. The molecule has 2 aliphatic rings. The third-order valence-electron chi connectivity index (χ3n) is 3.08. The molecule has 4 nitrogen and oxygen atoms in total. The Hall–Kier alpha value is -0.200. The number of hydrogen-bond donors (Lipinski definition) is 1. The van der Waals surface area contributed by atoms with E-state index in [2.05, 4.69) is 12.2 Å². The average molecular weight is 234 g/mol. The summed E-state index contributed by atoms with van der Waals surface area (Å²) in [4.78, 5) is 0.0572. The first-order valence-corrected chi connectivity index (χ1v) is 6.72. The van der Waals surface area contributed by atoms with Gasteiger partial charge in [0, 0.05) is 13.1 Å². The number of nitrogens with zero attached hydrogens (tertiary/aromatic N) is 1. The van der Waals surface area contributed by atoms with E-state index in [1.54, 1.807) is 4.31 Å². The Balaban J connectivity index is 2.05. The number of rotatable bonds is 3. The van der Waals surface area contributed by atoms with E-state index in [1.807, 2.05) is 0 Å². The summed E-state index contributed by atoms with van der Waals surface area (Å²) in [6.07, 6.45) is 3.35. The lowest BCUT2D eigenvalue weighted by Gasteiger charge is -2.15. The maximum Gasteiger partial charge on any atom is 0.220 e. The number of thiocarbonyl (C=S) groups is 1. The highest BCUT2D eigenvalue weighted by Gasteiger charge is 2.50. The first kappa shape index (κ1) is 10.3. The third-order valence-corrected chi connectivity index (χ3v) is 5.18. The summed E-state index contributed by atoms with van der Waals surface area (Å²) in [6.45, 7) is 1.32. The van der Waals surface area contributed by atoms with Crippen LogP contribution < -0.4 is 5.73 Å². The second-order valence-electron chi connectivity index (χ2n) is 4.31. The maximum atomic E-state index is 11.7. The molecule has 1 aliphatic heterocycles. The standard InChI is InChI=1S/C8H14N2O2S2/c9-7(13)5-14(11,12)10-4-3-8(6-10)1-2-8/h1-6H2,(H2,9,13). The van der Waals surface area contributed by atoms with Crippen LogP contribution in [-0.2, 0) is 10.0 Å². The second-order valence-corrected chi connectivity index (χ2v) is 6.80. The molecule has 0 aromatic rings. The van der Waals surface area contributed by atoms with Gasteiger partial charge < -0.3 is 5.73 Å². The van der Waals surface area contributed by atoms with Gasteiger partial charge in [0.2, 0.25) is 10.0 Å². The van der Waals surface area contributed by atoms with Crippen LogP contribution in [0, 0.1) is 5.41 Å². The van der Waals surface area contributed by atoms with Gasteiger partial charge in [-0.2, -0.15) is 0 Å². The third kappa shape index (κ3) is 1.92. The molecule has 0 aromatic heterocycles. The van der Waals surface area contributed by atoms with E-state index < -0.39 is 10.0 Å². The van der Waals surface area contributed by atoms with Gasteiger partial charge in [-0.15, -0.1) is 0 Å². The zero-order valence-corrected chi connectivity index (χ0v) is 9.53. The molecule has 2 fully saturated rings. The predicted octanol–water partition coefficient (Wildman–Crippen LogP) is 0.0882. The fourth-order valence-corrected chi connectivity index (χ4v) is 3.82. The smallest absolute Gasteiger partial charge is 0.220 e. The first-order valence-electron chi connectivity index (χ1n) is 4.70. The largest absolute Gasteiger partial charge is 0.392 e. The molecular weight excluding hydrogens is 220 g/mol. The molecule has 1 heterocycles. The molecule has 1 spiro atoms. The zero-order valence-electron chi connectivity index (χ0n) is 7.90. The minimum absolute atomic E-state index is 0.0572. The molecule has 2 N–H and O–H groups in total. The lowest BCUT2D eigenvalue weighted by molar-refractivity contribution is 0.454. The summed E-state index contributed by atoms with van der Waals surface area (Å²) < 4.78 is 25.0. The quantitative estimate of drug-likeness (QED) is 0.703. The number of nitrogens with two attached hydrogens (primary N) is 1. The minimum atomic E-state index is -3.22. The first-order chi connectivity index (χ1) is 6.44. The van der Waals surface area contributed by atoms with Gasteiger partial charge in [0.25, 0.3) is 0 Å². The van der Waals surface area contributed by atoms with Gasteiger partial charge in [-0.3, -0.25) is 0 Å². The van der Waals surface area contributed by atoms with E-state index >= 15 is 0 Å². The van der Waals surface area contributed by atoms with Crippen LogP contribution in [0.2, 0.25) is 0 Å². The Bertz CT molecular complexity index is 360. The summed E-state index contributed by atoms with van der Waals surface area (Å²) in [7, 11) is -3.22. The van der Waals surface area contributed by atoms with Gasteiger partial charge in [-0.25, -0.2) is 12.7 Å². The van der Waals surface area contributed by atoms with Gasteiger partial charge in [0.15, 0.2) is 0 Å². The Kier molecular flexibility index (Phi) is 2.32. The van der Waals surface area contributed by atoms with Gasteiger partial charge in [-0.05, 0) is 24.7 Å². The van der Waals surface area contributed by atoms with E-state index in [4.69, 9.17) is 5.73 Å². The van der Waals surface area contributed by atoms with Crippen molar-refractivity contribution in [3.8, 4) is 0 Å². The molecule has 0 atom stereocenters. The highest BCUT2D eigenvalue weighted by Crippen LogP contribution is 2.53. The molecule has 1 saturated heterocycles. The van der Waals surface area contributed by atoms with E-state index in [9.17, 15) is 8.42 Å². The molecule has 2 rings (SSSR count). The van der Waals surface area contributed by atoms with Crippen LogP contribution in [0.4, 0.5) is 0 Å². The van der Waals surface area contributed by atoms with Gasteiger partial charge in [-0.1, -0.05) is 12.2 Å². The predicted molar refractivity (Wildman–Crippen MR) is 58.4 cm³/mol. The van der Waals surface area contributed by atoms with Gasteiger partial charge in [0.1, 0.15) is 5.75 Å². The minimum Gasteiger partial charge on any atom is -0.392 e. The van der Waals surface area contributed by atoms with Crippen LogP contribution in [-0.4, -0.2) is 36.6 Å². The molecule has 0 unspecified atom stereocenters. The fraction of sp³-hybridized carbons (Fsp3) is 0.875. The Labute approximate surface area is 89.5 Å². The van der Waals surface area contributed by atoms with Crippen molar-refractivity contribution in [3.05, 3.63) is 0 Å². The van der Waals surface area contributed by atoms with Crippen molar-refractivity contribution < 1.29 is 8.42 Å². The van der Waals surface area contributed by atoms with Crippen molar-refractivity contribution in [1.82, 2.24) is 4.31 Å². The SMILES string of the molecule is NC(=S)CS(=O)(=O)N1CCC2(CC2)C1. The van der Waals surface area contributed by atoms with Crippen LogP contribution in [0.5, 0.6) is 0 Å². The Morgan fingerprint density at radius 3 is 2.50 bits per heavy atom. The highest BCUT2D eigenvalue weighted by molar-refractivity contribution is 7.92. The van der Waals surface area contributed by atoms with Crippen LogP contribution in [0.1, 0.15) is 19.3 Å². The molecule has 6 heteroatoms. The van der Waals surface area contributed by atoms with Crippen molar-refractivity contribution >= 4 is 27.2 Å². The van der Waals surface area contributed by atoms with Crippen molar-refractivity contribution in [2.24, 2.45) is 11.1 Å². The van der Waals surface area contributed by atoms with Gasteiger partial charge in [0.05, 0.1) is 4.99 Å². The normalized spacial score (nSPS) is 25.4. The number of sulfonamides is 1. The molecule has 0 bridgehead atoms. The summed E-state index contributed by atoms with van der Waals surface area (Å²) in [6, 6.07) is 0. The van der Waals surface area contributed by atoms with Crippen LogP contribution in [0.15, 0.2) is 0 Å². The summed E-state index contributed by atoms with van der Waals surface area (Å²) in [5.41, 5.74) is 5.58. The topological polar surface area (TPSA) is 63.4 Å². The van der Waals surface area contributed by atoms with Crippen LogP contribution in [0.3, 0.4) is 0 Å². The summed E-state index contributed by atoms with van der Waals surface area (Å²) in [5.74, 6) is -0.182. The van der Waals surface area contributed by atoms with Crippen molar-refractivity contribution in [1.29, 1.82) is 0 Å². The van der Waals surface area contributed by atoms with Gasteiger partial charge >= 0.3 is 0 Å². The van der Waals surface area contributed by atoms with E-state index in [0.717, 1.165) is 6.42 Å². The van der Waals surface area contributed by atoms with E-state index in [-0.39, 0.29) is 10.7 Å². The molecular formula is C8H14N2O2S2. The van der Waals surface area contributed by atoms with Crippen LogP contribution in [0.25, 0.3) is 0 Å². The van der Waals surface area contributed by atoms with Crippen LogP contribution >= 0.6 is 12.2 Å². The van der Waals surface area contributed by atoms with Crippen molar-refractivity contribution in [2.45, 2.75) is 19.3 Å². The molecule has 1 saturated carbocycles. The molecule has 14 heavy (non-hydrogen) atoms. The fourth-order valence-electron chi connectivity index (χ4n) is 1.99. The lowest BCUT2D eigenvalue weighted by Crippen LogP contribution is -2.35. The van der Waals surface area contributed by atoms with E-state index in [0.29, 0.717) is 18.5 Å². The molecule has 0 aromatic carbocycles. The van der Waals surface area contributed by atoms with E-state index in [1.165, 1.54) is 12.8 Å². The number of hydrogen-bond acceptors (Lipinski definition) is 3. The summed E-state index contributed by atoms with van der Waals surface area (Å²) >= 11 is 4.62.